The number of piperazine rings is 1. The summed E-state index contributed by atoms with van der Waals surface area (Å²) in [5, 5.41) is 0. The van der Waals surface area contributed by atoms with E-state index in [0.717, 1.165) is 105 Å². The van der Waals surface area contributed by atoms with E-state index < -0.39 is 0 Å². The second kappa shape index (κ2) is 21.5. The Kier molecular flexibility index (Phi) is 19.7. The monoisotopic (exact) mass is 542 g/mol. The van der Waals surface area contributed by atoms with Crippen LogP contribution in [0.4, 0.5) is 0 Å². The average Bonchev–Trinajstić information content (AvgIpc) is 2.92. The fourth-order valence-electron chi connectivity index (χ4n) is 4.45. The molecule has 0 bridgehead atoms. The number of nitrogens with zero attached hydrogens (tertiary/aromatic N) is 6. The molecule has 0 atom stereocenters. The van der Waals surface area contributed by atoms with Crippen molar-refractivity contribution in [2.45, 2.75) is 40.5 Å². The van der Waals surface area contributed by atoms with Crippen LogP contribution in [0.2, 0.25) is 0 Å². The van der Waals surface area contributed by atoms with Crippen LogP contribution in [0, 0.1) is 0 Å². The van der Waals surface area contributed by atoms with Gasteiger partial charge in [-0.3, -0.25) is 19.4 Å². The Hall–Kier alpha value is -1.30. The summed E-state index contributed by atoms with van der Waals surface area (Å²) in [5.74, 6) is -0.231. The summed E-state index contributed by atoms with van der Waals surface area (Å²) in [7, 11) is 4.12. The zero-order chi connectivity index (χ0) is 28.2. The summed E-state index contributed by atoms with van der Waals surface area (Å²) in [5.41, 5.74) is 0. The maximum absolute atomic E-state index is 12.1. The topological polar surface area (TPSA) is 72.0 Å². The molecular weight excluding hydrogens is 484 g/mol. The maximum Gasteiger partial charge on any atom is 0.307 e. The Bertz CT molecular complexity index is 558. The molecule has 0 aromatic carbocycles. The first kappa shape index (κ1) is 34.7. The van der Waals surface area contributed by atoms with E-state index in [-0.39, 0.29) is 11.9 Å². The molecule has 0 spiro atoms. The van der Waals surface area contributed by atoms with Gasteiger partial charge in [0.15, 0.2) is 0 Å². The van der Waals surface area contributed by atoms with Crippen LogP contribution in [-0.4, -0.2) is 173 Å². The molecule has 0 aliphatic carbocycles. The molecule has 0 N–H and O–H groups in total. The summed E-state index contributed by atoms with van der Waals surface area (Å²) in [6.07, 6.45) is 0.877. The lowest BCUT2D eigenvalue weighted by Gasteiger charge is -2.34. The second-order valence-electron chi connectivity index (χ2n) is 10.3. The molecule has 1 aliphatic rings. The van der Waals surface area contributed by atoms with Crippen molar-refractivity contribution in [2.24, 2.45) is 0 Å². The fraction of sp³-hybridized carbons (Fsp3) is 0.929. The van der Waals surface area contributed by atoms with Crippen molar-refractivity contribution < 1.29 is 19.1 Å². The molecule has 1 aliphatic heterocycles. The summed E-state index contributed by atoms with van der Waals surface area (Å²) >= 11 is 0. The van der Waals surface area contributed by atoms with E-state index >= 15 is 0 Å². The van der Waals surface area contributed by atoms with Crippen molar-refractivity contribution in [1.29, 1.82) is 0 Å². The van der Waals surface area contributed by atoms with E-state index in [9.17, 15) is 9.59 Å². The van der Waals surface area contributed by atoms with E-state index in [1.807, 2.05) is 0 Å². The van der Waals surface area contributed by atoms with Crippen molar-refractivity contribution in [3.8, 4) is 0 Å². The van der Waals surface area contributed by atoms with E-state index in [2.05, 4.69) is 71.2 Å². The van der Waals surface area contributed by atoms with Crippen molar-refractivity contribution >= 4 is 11.9 Å². The van der Waals surface area contributed by atoms with Crippen LogP contribution in [-0.2, 0) is 19.1 Å². The Morgan fingerprint density at radius 1 is 0.579 bits per heavy atom. The molecule has 0 amide bonds. The lowest BCUT2D eigenvalue weighted by Crippen LogP contribution is -2.48. The molecule has 0 aromatic rings. The zero-order valence-electron chi connectivity index (χ0n) is 25.5. The number of likely N-dealkylation sites (N-methyl/N-ethyl adjacent to an activating group) is 4. The minimum atomic E-state index is -0.116. The number of carbonyl (C=O) groups excluding carboxylic acids is 2. The van der Waals surface area contributed by atoms with Crippen LogP contribution < -0.4 is 0 Å². The van der Waals surface area contributed by atoms with Gasteiger partial charge in [-0.25, -0.2) is 0 Å². The van der Waals surface area contributed by atoms with E-state index in [1.165, 1.54) is 0 Å². The molecule has 1 rings (SSSR count). The number of hydrogen-bond acceptors (Lipinski definition) is 10. The molecule has 224 valence electrons. The molecule has 1 fully saturated rings. The van der Waals surface area contributed by atoms with Crippen LogP contribution in [0.5, 0.6) is 0 Å². The number of rotatable bonds is 22. The highest BCUT2D eigenvalue weighted by Gasteiger charge is 2.17. The third kappa shape index (κ3) is 16.6. The predicted octanol–water partition coefficient (Wildman–Crippen LogP) is 1.02. The van der Waals surface area contributed by atoms with Gasteiger partial charge in [0.2, 0.25) is 0 Å². The third-order valence-corrected chi connectivity index (χ3v) is 7.59. The average molecular weight is 543 g/mol. The van der Waals surface area contributed by atoms with Gasteiger partial charge in [-0.1, -0.05) is 27.7 Å². The van der Waals surface area contributed by atoms with E-state index in [1.54, 1.807) is 0 Å². The van der Waals surface area contributed by atoms with Crippen LogP contribution in [0.1, 0.15) is 40.5 Å². The van der Waals surface area contributed by atoms with Gasteiger partial charge in [-0.2, -0.15) is 0 Å². The molecule has 1 saturated heterocycles. The van der Waals surface area contributed by atoms with Crippen molar-refractivity contribution in [2.75, 3.05) is 132 Å². The van der Waals surface area contributed by atoms with Crippen molar-refractivity contribution in [3.05, 3.63) is 0 Å². The number of ether oxygens (including phenoxy) is 2. The summed E-state index contributed by atoms with van der Waals surface area (Å²) in [6, 6.07) is 0. The number of carbonyl (C=O) groups is 2. The van der Waals surface area contributed by atoms with E-state index in [4.69, 9.17) is 9.47 Å². The first-order valence-electron chi connectivity index (χ1n) is 14.9. The fourth-order valence-corrected chi connectivity index (χ4v) is 4.45. The Morgan fingerprint density at radius 3 is 1.24 bits per heavy atom. The van der Waals surface area contributed by atoms with Crippen LogP contribution >= 0.6 is 0 Å². The number of esters is 2. The minimum Gasteiger partial charge on any atom is -0.464 e. The van der Waals surface area contributed by atoms with Crippen LogP contribution in [0.25, 0.3) is 0 Å². The van der Waals surface area contributed by atoms with Gasteiger partial charge in [-0.15, -0.1) is 0 Å². The van der Waals surface area contributed by atoms with Gasteiger partial charge >= 0.3 is 11.9 Å². The number of hydrogen-bond donors (Lipinski definition) is 0. The Labute approximate surface area is 233 Å². The Morgan fingerprint density at radius 2 is 0.921 bits per heavy atom. The van der Waals surface area contributed by atoms with Crippen LogP contribution in [0.15, 0.2) is 0 Å². The van der Waals surface area contributed by atoms with E-state index in [0.29, 0.717) is 26.1 Å². The molecule has 1 heterocycles. The first-order valence-corrected chi connectivity index (χ1v) is 14.9. The largest absolute Gasteiger partial charge is 0.464 e. The zero-order valence-corrected chi connectivity index (χ0v) is 25.5. The normalized spacial score (nSPS) is 15.2. The lowest BCUT2D eigenvalue weighted by atomic mass is 10.3. The van der Waals surface area contributed by atoms with Crippen LogP contribution in [0.3, 0.4) is 0 Å². The second-order valence-corrected chi connectivity index (χ2v) is 10.3. The maximum atomic E-state index is 12.1. The van der Waals surface area contributed by atoms with Crippen molar-refractivity contribution in [3.63, 3.8) is 0 Å². The minimum absolute atomic E-state index is 0.116. The van der Waals surface area contributed by atoms with Crippen molar-refractivity contribution in [1.82, 2.24) is 29.4 Å². The van der Waals surface area contributed by atoms with Gasteiger partial charge in [0.05, 0.1) is 12.8 Å². The smallest absolute Gasteiger partial charge is 0.307 e. The molecule has 0 radical (unpaired) electrons. The molecular formula is C28H58N6O4. The van der Waals surface area contributed by atoms with Gasteiger partial charge in [0, 0.05) is 78.5 Å². The summed E-state index contributed by atoms with van der Waals surface area (Å²) in [6.45, 7) is 24.6. The summed E-state index contributed by atoms with van der Waals surface area (Å²) in [4.78, 5) is 38.0. The molecule has 10 heteroatoms. The summed E-state index contributed by atoms with van der Waals surface area (Å²) < 4.78 is 10.9. The molecule has 38 heavy (non-hydrogen) atoms. The molecule has 0 saturated carbocycles. The molecule has 0 unspecified atom stereocenters. The highest BCUT2D eigenvalue weighted by molar-refractivity contribution is 5.69. The predicted molar refractivity (Wildman–Crippen MR) is 155 cm³/mol. The third-order valence-electron chi connectivity index (χ3n) is 7.59. The SMILES string of the molecule is CCN(CC)CCN(C)CCC(=O)OCCN1CCN(CCOC(=O)CCN(C)CCN(CC)CC)CC1. The van der Waals surface area contributed by atoms with Gasteiger partial charge in [0.25, 0.3) is 0 Å². The standard InChI is InChI=1S/C28H58N6O4/c1-7-31(8-2)17-15-29(5)13-11-27(35)37-25-23-33-19-21-34(22-20-33)24-26-38-28(36)12-14-30(6)16-18-32(9-3)10-4/h7-26H2,1-6H3. The highest BCUT2D eigenvalue weighted by atomic mass is 16.5. The van der Waals surface area contributed by atoms with Gasteiger partial charge in [-0.05, 0) is 40.3 Å². The quantitative estimate of drug-likeness (QED) is 0.185. The Balaban J connectivity index is 2.04. The van der Waals surface area contributed by atoms with Gasteiger partial charge in [0.1, 0.15) is 13.2 Å². The molecule has 10 nitrogen and oxygen atoms in total. The first-order chi connectivity index (χ1) is 18.3. The lowest BCUT2D eigenvalue weighted by molar-refractivity contribution is -0.145. The van der Waals surface area contributed by atoms with Gasteiger partial charge < -0.3 is 29.1 Å². The highest BCUT2D eigenvalue weighted by Crippen LogP contribution is 2.03. The molecule has 0 aromatic heterocycles.